The van der Waals surface area contributed by atoms with Crippen LogP contribution in [0.3, 0.4) is 0 Å². The Morgan fingerprint density at radius 2 is 0.812 bits per heavy atom. The highest BCUT2D eigenvalue weighted by atomic mass is 15.1. The van der Waals surface area contributed by atoms with Crippen LogP contribution in [-0.4, -0.2) is 4.57 Å². The van der Waals surface area contributed by atoms with Gasteiger partial charge < -0.3 is 9.47 Å². The summed E-state index contributed by atoms with van der Waals surface area (Å²) in [6.07, 6.45) is 0. The van der Waals surface area contributed by atoms with Crippen molar-refractivity contribution in [1.29, 1.82) is 0 Å². The van der Waals surface area contributed by atoms with Gasteiger partial charge in [0.15, 0.2) is 0 Å². The van der Waals surface area contributed by atoms with Crippen LogP contribution in [0.2, 0.25) is 0 Å². The molecule has 0 N–H and O–H groups in total. The van der Waals surface area contributed by atoms with Gasteiger partial charge in [0.1, 0.15) is 0 Å². The van der Waals surface area contributed by atoms with Gasteiger partial charge in [-0.3, -0.25) is 0 Å². The molecule has 0 saturated heterocycles. The van der Waals surface area contributed by atoms with Gasteiger partial charge in [-0.25, -0.2) is 0 Å². The average molecular weight is 840 g/mol. The second-order valence-electron chi connectivity index (χ2n) is 20.4. The van der Waals surface area contributed by atoms with Crippen LogP contribution in [-0.2, 0) is 21.7 Å². The molecule has 0 unspecified atom stereocenters. The molecule has 0 fully saturated rings. The van der Waals surface area contributed by atoms with Gasteiger partial charge in [0.05, 0.1) is 17.9 Å². The molecule has 0 aliphatic rings. The fraction of sp³-hybridized carbons (Fsp3) is 0.226. The maximum absolute atomic E-state index is 8.99. The Kier molecular flexibility index (Phi) is 9.30. The first-order valence-corrected chi connectivity index (χ1v) is 22.5. The lowest BCUT2D eigenvalue weighted by atomic mass is 9.73. The lowest BCUT2D eigenvalue weighted by molar-refractivity contribution is 0.590. The topological polar surface area (TPSA) is 8.17 Å². The van der Waals surface area contributed by atoms with Crippen LogP contribution in [0.25, 0.3) is 38.6 Å². The fourth-order valence-corrected chi connectivity index (χ4v) is 9.15. The van der Waals surface area contributed by atoms with E-state index in [-0.39, 0.29) is 51.4 Å². The van der Waals surface area contributed by atoms with Gasteiger partial charge >= 0.3 is 0 Å². The minimum absolute atomic E-state index is 0.0137. The zero-order chi connectivity index (χ0) is 49.4. The summed E-state index contributed by atoms with van der Waals surface area (Å²) in [7, 11) is 0. The summed E-state index contributed by atoms with van der Waals surface area (Å²) >= 11 is 0. The molecule has 9 rings (SSSR count). The monoisotopic (exact) mass is 840 g/mol. The van der Waals surface area contributed by atoms with Crippen LogP contribution in [0.4, 0.5) is 17.1 Å². The van der Waals surface area contributed by atoms with E-state index >= 15 is 0 Å². The number of hydrogen-bond donors (Lipinski definition) is 0. The Morgan fingerprint density at radius 3 is 1.28 bits per heavy atom. The van der Waals surface area contributed by atoms with Crippen molar-refractivity contribution in [3.8, 4) is 16.8 Å². The number of rotatable bonds is 9. The molecule has 0 spiro atoms. The summed E-state index contributed by atoms with van der Waals surface area (Å²) in [6, 6.07) is 57.2. The van der Waals surface area contributed by atoms with Crippen LogP contribution >= 0.6 is 0 Å². The molecule has 320 valence electrons. The number of aromatic nitrogens is 1. The zero-order valence-corrected chi connectivity index (χ0v) is 39.0. The smallest absolute Gasteiger partial charge is 0.0629 e. The summed E-state index contributed by atoms with van der Waals surface area (Å²) < 4.78 is 45.8. The van der Waals surface area contributed by atoms with Crippen LogP contribution in [0.15, 0.2) is 194 Å². The maximum Gasteiger partial charge on any atom is 0.0629 e. The molecular weight excluding hydrogens is 773 g/mol. The van der Waals surface area contributed by atoms with Gasteiger partial charge in [-0.2, -0.15) is 0 Å². The molecule has 0 amide bonds. The standard InChI is InChI=1S/C62H62N2/c1-59(2,3)45-27-31-51(32-28-45)63(52-33-29-46(30-34-52)60(4,5)6)53-35-37-58-56(42-53)55-38-44(43-20-14-11-15-21-43)26-36-57(55)64(58)54-40-49(61(7,8)47-22-16-12-17-23-47)39-50(41-54)62(9,10)48-24-18-13-19-25-48/h11-42H,1-10H3/i11D,14D,15D,20D,21D. The fourth-order valence-electron chi connectivity index (χ4n) is 9.15. The minimum atomic E-state index is -0.408. The van der Waals surface area contributed by atoms with Crippen LogP contribution < -0.4 is 4.90 Å². The van der Waals surface area contributed by atoms with E-state index < -0.39 is 6.04 Å². The van der Waals surface area contributed by atoms with Gasteiger partial charge in [-0.1, -0.05) is 197 Å². The third kappa shape index (κ3) is 7.96. The molecule has 0 aliphatic heterocycles. The van der Waals surface area contributed by atoms with E-state index in [4.69, 9.17) is 6.85 Å². The Bertz CT molecular complexity index is 3220. The predicted octanol–water partition coefficient (Wildman–Crippen LogP) is 17.2. The summed E-state index contributed by atoms with van der Waals surface area (Å²) in [5, 5.41) is 1.87. The largest absolute Gasteiger partial charge is 0.310 e. The van der Waals surface area contributed by atoms with Gasteiger partial charge in [0.2, 0.25) is 0 Å². The lowest BCUT2D eigenvalue weighted by Gasteiger charge is -2.32. The second-order valence-corrected chi connectivity index (χ2v) is 20.4. The van der Waals surface area contributed by atoms with Crippen molar-refractivity contribution < 1.29 is 6.85 Å². The van der Waals surface area contributed by atoms with Crippen molar-refractivity contribution in [3.63, 3.8) is 0 Å². The normalized spacial score (nSPS) is 13.6. The van der Waals surface area contributed by atoms with Gasteiger partial charge in [-0.05, 0) is 122 Å². The first kappa shape index (κ1) is 36.8. The Hall–Kier alpha value is -6.64. The van der Waals surface area contributed by atoms with Crippen molar-refractivity contribution in [2.75, 3.05) is 4.90 Å². The van der Waals surface area contributed by atoms with E-state index in [0.717, 1.165) is 44.6 Å². The van der Waals surface area contributed by atoms with Gasteiger partial charge in [0.25, 0.3) is 0 Å². The van der Waals surface area contributed by atoms with Crippen LogP contribution in [0.1, 0.15) is 109 Å². The van der Waals surface area contributed by atoms with Crippen molar-refractivity contribution in [3.05, 3.63) is 227 Å². The molecule has 64 heavy (non-hydrogen) atoms. The number of hydrogen-bond acceptors (Lipinski definition) is 1. The highest BCUT2D eigenvalue weighted by Gasteiger charge is 2.30. The van der Waals surface area contributed by atoms with Crippen LogP contribution in [0.5, 0.6) is 0 Å². The third-order valence-electron chi connectivity index (χ3n) is 13.4. The Labute approximate surface area is 388 Å². The molecule has 0 atom stereocenters. The highest BCUT2D eigenvalue weighted by molar-refractivity contribution is 6.12. The first-order valence-electron chi connectivity index (χ1n) is 25.0. The Balaban J connectivity index is 1.35. The second kappa shape index (κ2) is 16.2. The lowest BCUT2D eigenvalue weighted by Crippen LogP contribution is -2.23. The summed E-state index contributed by atoms with van der Waals surface area (Å²) in [5.41, 5.74) is 13.2. The molecule has 2 heteroatoms. The number of fused-ring (bicyclic) bond motifs is 3. The van der Waals surface area contributed by atoms with E-state index in [1.807, 2.05) is 12.1 Å². The van der Waals surface area contributed by atoms with Crippen molar-refractivity contribution in [1.82, 2.24) is 4.57 Å². The van der Waals surface area contributed by atoms with E-state index in [0.29, 0.717) is 5.56 Å². The maximum atomic E-state index is 8.99. The van der Waals surface area contributed by atoms with Crippen molar-refractivity contribution in [2.24, 2.45) is 0 Å². The number of nitrogens with zero attached hydrogens (tertiary/aromatic N) is 2. The molecule has 0 aliphatic carbocycles. The van der Waals surface area contributed by atoms with Crippen molar-refractivity contribution >= 4 is 38.9 Å². The van der Waals surface area contributed by atoms with E-state index in [2.05, 4.69) is 230 Å². The number of benzene rings is 8. The van der Waals surface area contributed by atoms with Crippen LogP contribution in [0, 0.1) is 0 Å². The quantitative estimate of drug-likeness (QED) is 0.141. The average Bonchev–Trinajstić information content (AvgIpc) is 3.66. The molecular formula is C62H62N2. The first-order chi connectivity index (χ1) is 32.6. The molecule has 0 radical (unpaired) electrons. The molecule has 9 aromatic rings. The molecule has 0 saturated carbocycles. The molecule has 1 heterocycles. The summed E-state index contributed by atoms with van der Waals surface area (Å²) in [5.74, 6) is 0. The highest BCUT2D eigenvalue weighted by Crippen LogP contribution is 2.44. The molecule has 8 aromatic carbocycles. The molecule has 1 aromatic heterocycles. The molecule has 2 nitrogen and oxygen atoms in total. The van der Waals surface area contributed by atoms with E-state index in [1.165, 1.54) is 33.4 Å². The summed E-state index contributed by atoms with van der Waals surface area (Å²) in [4.78, 5) is 2.31. The minimum Gasteiger partial charge on any atom is -0.310 e. The van der Waals surface area contributed by atoms with Gasteiger partial charge in [0, 0.05) is 44.4 Å². The SMILES string of the molecule is [2H]c1c([2H])c([2H])c(-c2ccc3c(c2)c2cc(N(c4ccc(C(C)(C)C)cc4)c4ccc(C(C)(C)C)cc4)ccc2n3-c2cc(C(C)(C)c3ccccc3)cc(C(C)(C)c3ccccc3)c2)c([2H])c1[2H]. The molecule has 0 bridgehead atoms. The zero-order valence-electron chi connectivity index (χ0n) is 44.0. The Morgan fingerprint density at radius 1 is 0.375 bits per heavy atom. The summed E-state index contributed by atoms with van der Waals surface area (Å²) in [6.45, 7) is 22.6. The van der Waals surface area contributed by atoms with Crippen molar-refractivity contribution in [2.45, 2.75) is 90.9 Å². The third-order valence-corrected chi connectivity index (χ3v) is 13.4. The number of anilines is 3. The van der Waals surface area contributed by atoms with E-state index in [9.17, 15) is 0 Å². The van der Waals surface area contributed by atoms with Gasteiger partial charge in [-0.15, -0.1) is 0 Å². The predicted molar refractivity (Wildman–Crippen MR) is 275 cm³/mol. The van der Waals surface area contributed by atoms with E-state index in [1.54, 1.807) is 0 Å².